The molecule has 3 aromatic rings. The van der Waals surface area contributed by atoms with Gasteiger partial charge in [0.1, 0.15) is 5.01 Å². The minimum atomic E-state index is -0.848. The molecule has 0 unspecified atom stereocenters. The van der Waals surface area contributed by atoms with Crippen LogP contribution in [0.25, 0.3) is 21.5 Å². The van der Waals surface area contributed by atoms with Gasteiger partial charge in [-0.3, -0.25) is 4.79 Å². The molecule has 0 amide bonds. The maximum atomic E-state index is 10.9. The van der Waals surface area contributed by atoms with Gasteiger partial charge in [0.05, 0.1) is 12.1 Å². The lowest BCUT2D eigenvalue weighted by molar-refractivity contribution is -0.136. The fourth-order valence-electron chi connectivity index (χ4n) is 2.97. The number of carboxylic acid groups (broad SMARTS) is 1. The average molecular weight is 314 g/mol. The number of aromatic nitrogens is 2. The second-order valence-corrected chi connectivity index (χ2v) is 6.56. The first-order valence-corrected chi connectivity index (χ1v) is 8.11. The molecule has 1 N–H and O–H groups in total. The Kier molecular flexibility index (Phi) is 3.74. The molecule has 0 atom stereocenters. The van der Waals surface area contributed by atoms with Crippen molar-refractivity contribution in [2.24, 2.45) is 7.05 Å². The van der Waals surface area contributed by atoms with Gasteiger partial charge in [-0.25, -0.2) is 4.98 Å². The normalized spacial score (nSPS) is 11.5. The van der Waals surface area contributed by atoms with Crippen molar-refractivity contribution in [3.63, 3.8) is 0 Å². The third-order valence-electron chi connectivity index (χ3n) is 3.80. The molecule has 5 heteroatoms. The van der Waals surface area contributed by atoms with E-state index in [1.165, 1.54) is 27.9 Å². The lowest BCUT2D eigenvalue weighted by atomic mass is 10.0. The van der Waals surface area contributed by atoms with Crippen molar-refractivity contribution in [1.29, 1.82) is 0 Å². The van der Waals surface area contributed by atoms with Gasteiger partial charge in [0, 0.05) is 34.6 Å². The molecular formula is C17H18N2O2S. The topological polar surface area (TPSA) is 55.1 Å². The van der Waals surface area contributed by atoms with Crippen molar-refractivity contribution in [1.82, 2.24) is 9.55 Å². The van der Waals surface area contributed by atoms with E-state index in [4.69, 9.17) is 5.11 Å². The summed E-state index contributed by atoms with van der Waals surface area (Å²) in [6.07, 6.45) is -0.0295. The minimum absolute atomic E-state index is 0.0295. The highest BCUT2D eigenvalue weighted by Crippen LogP contribution is 2.39. The van der Waals surface area contributed by atoms with Crippen LogP contribution in [0.15, 0.2) is 29.6 Å². The second-order valence-electron chi connectivity index (χ2n) is 5.71. The highest BCUT2D eigenvalue weighted by molar-refractivity contribution is 7.13. The van der Waals surface area contributed by atoms with Crippen LogP contribution in [0.3, 0.4) is 0 Å². The molecule has 2 heterocycles. The van der Waals surface area contributed by atoms with E-state index in [1.807, 2.05) is 17.5 Å². The van der Waals surface area contributed by atoms with Crippen LogP contribution in [0.5, 0.6) is 0 Å². The molecular weight excluding hydrogens is 296 g/mol. The predicted molar refractivity (Wildman–Crippen MR) is 89.5 cm³/mol. The summed E-state index contributed by atoms with van der Waals surface area (Å²) in [5.41, 5.74) is 4.17. The van der Waals surface area contributed by atoms with Crippen LogP contribution in [-0.2, 0) is 18.3 Å². The number of aliphatic carboxylic acids is 1. The molecule has 0 spiro atoms. The number of para-hydroxylation sites is 1. The Morgan fingerprint density at radius 2 is 2.09 bits per heavy atom. The van der Waals surface area contributed by atoms with E-state index in [9.17, 15) is 4.79 Å². The summed E-state index contributed by atoms with van der Waals surface area (Å²) in [5.74, 6) is -0.488. The molecule has 0 aliphatic carbocycles. The zero-order valence-corrected chi connectivity index (χ0v) is 13.6. The number of thiazole rings is 1. The summed E-state index contributed by atoms with van der Waals surface area (Å²) >= 11 is 1.52. The molecule has 1 aromatic carbocycles. The van der Waals surface area contributed by atoms with Gasteiger partial charge in [-0.2, -0.15) is 0 Å². The van der Waals surface area contributed by atoms with Crippen molar-refractivity contribution in [3.8, 4) is 10.6 Å². The number of carboxylic acids is 1. The van der Waals surface area contributed by atoms with Gasteiger partial charge >= 0.3 is 5.97 Å². The summed E-state index contributed by atoms with van der Waals surface area (Å²) < 4.78 is 2.22. The molecule has 0 saturated heterocycles. The molecule has 0 bridgehead atoms. The van der Waals surface area contributed by atoms with E-state index >= 15 is 0 Å². The smallest absolute Gasteiger partial charge is 0.309 e. The number of benzene rings is 1. The zero-order chi connectivity index (χ0) is 15.9. The van der Waals surface area contributed by atoms with Crippen LogP contribution >= 0.6 is 11.3 Å². The number of rotatable bonds is 4. The molecule has 0 aliphatic heterocycles. The van der Waals surface area contributed by atoms with Gasteiger partial charge in [-0.15, -0.1) is 11.3 Å². The van der Waals surface area contributed by atoms with Crippen molar-refractivity contribution in [2.75, 3.05) is 0 Å². The Morgan fingerprint density at radius 3 is 2.77 bits per heavy atom. The number of hydrogen-bond acceptors (Lipinski definition) is 3. The molecule has 0 radical (unpaired) electrons. The average Bonchev–Trinajstić information content (AvgIpc) is 3.01. The Labute approximate surface area is 133 Å². The largest absolute Gasteiger partial charge is 0.481 e. The first-order chi connectivity index (χ1) is 10.5. The van der Waals surface area contributed by atoms with E-state index in [2.05, 4.69) is 42.6 Å². The Hall–Kier alpha value is -2.14. The fraction of sp³-hybridized carbons (Fsp3) is 0.294. The molecule has 2 aromatic heterocycles. The fourth-order valence-corrected chi connectivity index (χ4v) is 3.86. The van der Waals surface area contributed by atoms with E-state index in [-0.39, 0.29) is 6.42 Å². The molecule has 22 heavy (non-hydrogen) atoms. The summed E-state index contributed by atoms with van der Waals surface area (Å²) in [4.78, 5) is 15.4. The highest BCUT2D eigenvalue weighted by atomic mass is 32.1. The van der Waals surface area contributed by atoms with Crippen LogP contribution in [-0.4, -0.2) is 20.6 Å². The Bertz CT molecular complexity index is 846. The summed E-state index contributed by atoms with van der Waals surface area (Å²) in [5, 5.41) is 12.8. The van der Waals surface area contributed by atoms with Crippen LogP contribution in [0, 0.1) is 0 Å². The van der Waals surface area contributed by atoms with Crippen molar-refractivity contribution >= 4 is 28.2 Å². The summed E-state index contributed by atoms with van der Waals surface area (Å²) in [6.45, 7) is 4.34. The number of nitrogens with zero attached hydrogens (tertiary/aromatic N) is 2. The third-order valence-corrected chi connectivity index (χ3v) is 4.71. The predicted octanol–water partition coefficient (Wildman–Crippen LogP) is 4.05. The van der Waals surface area contributed by atoms with Gasteiger partial charge < -0.3 is 9.67 Å². The van der Waals surface area contributed by atoms with Gasteiger partial charge in [0.25, 0.3) is 0 Å². The maximum absolute atomic E-state index is 10.9. The molecule has 114 valence electrons. The SMILES string of the molecule is CC(C)c1c(-c2nc(CC(=O)O)cs2)c2ccccc2n1C. The van der Waals surface area contributed by atoms with E-state index in [0.717, 1.165) is 10.6 Å². The van der Waals surface area contributed by atoms with Crippen molar-refractivity contribution in [3.05, 3.63) is 41.0 Å². The van der Waals surface area contributed by atoms with E-state index < -0.39 is 5.97 Å². The number of hydrogen-bond donors (Lipinski definition) is 1. The maximum Gasteiger partial charge on any atom is 0.309 e. The minimum Gasteiger partial charge on any atom is -0.481 e. The number of aryl methyl sites for hydroxylation is 1. The van der Waals surface area contributed by atoms with Crippen molar-refractivity contribution < 1.29 is 9.90 Å². The Morgan fingerprint density at radius 1 is 1.36 bits per heavy atom. The van der Waals surface area contributed by atoms with Crippen LogP contribution < -0.4 is 0 Å². The van der Waals surface area contributed by atoms with Gasteiger partial charge in [-0.05, 0) is 12.0 Å². The summed E-state index contributed by atoms with van der Waals surface area (Å²) in [7, 11) is 2.08. The van der Waals surface area contributed by atoms with Crippen molar-refractivity contribution in [2.45, 2.75) is 26.2 Å². The van der Waals surface area contributed by atoms with Crippen LogP contribution in [0.2, 0.25) is 0 Å². The van der Waals surface area contributed by atoms with E-state index in [0.29, 0.717) is 11.6 Å². The molecule has 0 aliphatic rings. The van der Waals surface area contributed by atoms with Gasteiger partial charge in [0.2, 0.25) is 0 Å². The third kappa shape index (κ3) is 2.41. The van der Waals surface area contributed by atoms with Crippen LogP contribution in [0.4, 0.5) is 0 Å². The van der Waals surface area contributed by atoms with Gasteiger partial charge in [0.15, 0.2) is 0 Å². The summed E-state index contributed by atoms with van der Waals surface area (Å²) in [6, 6.07) is 8.28. The monoisotopic (exact) mass is 314 g/mol. The molecule has 4 nitrogen and oxygen atoms in total. The number of carbonyl (C=O) groups is 1. The Balaban J connectivity index is 2.23. The first-order valence-electron chi connectivity index (χ1n) is 7.23. The molecule has 0 fully saturated rings. The quantitative estimate of drug-likeness (QED) is 0.790. The lowest BCUT2D eigenvalue weighted by Gasteiger charge is -2.10. The van der Waals surface area contributed by atoms with Gasteiger partial charge in [-0.1, -0.05) is 32.0 Å². The standard InChI is InChI=1S/C17H18N2O2S/c1-10(2)16-15(12-6-4-5-7-13(12)19(16)3)17-18-11(9-22-17)8-14(20)21/h4-7,9-10H,8H2,1-3H3,(H,20,21). The van der Waals surface area contributed by atoms with Crippen LogP contribution in [0.1, 0.15) is 31.2 Å². The lowest BCUT2D eigenvalue weighted by Crippen LogP contribution is -2.01. The zero-order valence-electron chi connectivity index (χ0n) is 12.8. The highest BCUT2D eigenvalue weighted by Gasteiger charge is 2.21. The van der Waals surface area contributed by atoms with E-state index in [1.54, 1.807) is 0 Å². The molecule has 3 rings (SSSR count). The molecule has 0 saturated carbocycles. The number of fused-ring (bicyclic) bond motifs is 1. The first kappa shape index (κ1) is 14.8. The second kappa shape index (κ2) is 5.57.